The van der Waals surface area contributed by atoms with E-state index >= 15 is 0 Å². The Kier molecular flexibility index (Phi) is 11.8. The number of hydrogen-bond acceptors (Lipinski definition) is 7. The third kappa shape index (κ3) is 8.76. The van der Waals surface area contributed by atoms with E-state index in [0.29, 0.717) is 6.54 Å². The second-order valence-corrected chi connectivity index (χ2v) is 12.6. The summed E-state index contributed by atoms with van der Waals surface area (Å²) >= 11 is 0. The van der Waals surface area contributed by atoms with E-state index in [0.717, 1.165) is 39.9 Å². The molecule has 0 aromatic heterocycles. The number of ether oxygens (including phenoxy) is 3. The van der Waals surface area contributed by atoms with E-state index in [1.807, 2.05) is 66.7 Å². The zero-order valence-electron chi connectivity index (χ0n) is 28.3. The number of amides is 1. The van der Waals surface area contributed by atoms with Gasteiger partial charge in [-0.15, -0.1) is 0 Å². The second kappa shape index (κ2) is 16.2. The van der Waals surface area contributed by atoms with Gasteiger partial charge in [0.1, 0.15) is 0 Å². The van der Waals surface area contributed by atoms with Crippen molar-refractivity contribution in [2.45, 2.75) is 71.5 Å². The van der Waals surface area contributed by atoms with Crippen LogP contribution in [0.5, 0.6) is 0 Å². The number of rotatable bonds is 12. The van der Waals surface area contributed by atoms with Gasteiger partial charge < -0.3 is 24.6 Å². The van der Waals surface area contributed by atoms with Crippen LogP contribution in [0.3, 0.4) is 0 Å². The molecule has 0 spiro atoms. The van der Waals surface area contributed by atoms with Crippen LogP contribution in [-0.4, -0.2) is 47.7 Å². The lowest BCUT2D eigenvalue weighted by Gasteiger charge is -2.43. The van der Waals surface area contributed by atoms with Gasteiger partial charge in [-0.05, 0) is 60.3 Å². The molecule has 4 aromatic carbocycles. The zero-order chi connectivity index (χ0) is 34.2. The summed E-state index contributed by atoms with van der Waals surface area (Å²) in [7, 11) is 2.14. The zero-order valence-corrected chi connectivity index (χ0v) is 28.3. The van der Waals surface area contributed by atoms with Crippen LogP contribution in [0.4, 0.5) is 0 Å². The minimum Gasteiger partial charge on any atom is -0.453 e. The maximum absolute atomic E-state index is 12.3. The monoisotopic (exact) mass is 650 g/mol. The number of hydrogen-bond donors (Lipinski definition) is 2. The third-order valence-corrected chi connectivity index (χ3v) is 9.16. The number of esters is 1. The van der Waals surface area contributed by atoms with Gasteiger partial charge in [-0.1, -0.05) is 104 Å². The van der Waals surface area contributed by atoms with Crippen LogP contribution in [-0.2, 0) is 37.0 Å². The highest BCUT2D eigenvalue weighted by molar-refractivity contribution is 5.82. The summed E-state index contributed by atoms with van der Waals surface area (Å²) in [5, 5.41) is 12.4. The van der Waals surface area contributed by atoms with Gasteiger partial charge in [-0.3, -0.25) is 14.5 Å². The van der Waals surface area contributed by atoms with Crippen molar-refractivity contribution in [2.24, 2.45) is 5.92 Å². The standard InChI is InChI=1S/C40H46N2O6/c1-26-37(24-42(5)27(2)32-11-7-6-8-12-32)47-40(48-38(26)34-16-14-30(25-43)15-17-34)35-20-18-33(19-21-35)36-13-9-10-31(22-36)23-41-39(45)28(3)46-29(4)44/h6-22,26-28,37-38,40,43H,23-25H2,1-5H3,(H,41,45)/t26-,27+,28+,37+,38+,40+/m1/s1. The average Bonchev–Trinajstić information content (AvgIpc) is 3.11. The molecule has 1 aliphatic heterocycles. The quantitative estimate of drug-likeness (QED) is 0.161. The molecule has 4 aromatic rings. The van der Waals surface area contributed by atoms with Crippen LogP contribution < -0.4 is 5.32 Å². The molecule has 252 valence electrons. The van der Waals surface area contributed by atoms with Crippen molar-refractivity contribution < 1.29 is 28.9 Å². The van der Waals surface area contributed by atoms with E-state index < -0.39 is 18.4 Å². The van der Waals surface area contributed by atoms with Crippen LogP contribution >= 0.6 is 0 Å². The molecule has 0 unspecified atom stereocenters. The van der Waals surface area contributed by atoms with Crippen LogP contribution in [0.2, 0.25) is 0 Å². The van der Waals surface area contributed by atoms with E-state index in [9.17, 15) is 14.7 Å². The van der Waals surface area contributed by atoms with Crippen LogP contribution in [0, 0.1) is 5.92 Å². The van der Waals surface area contributed by atoms with Crippen molar-refractivity contribution >= 4 is 11.9 Å². The summed E-state index contributed by atoms with van der Waals surface area (Å²) in [6.07, 6.45) is -1.71. The van der Waals surface area contributed by atoms with Crippen molar-refractivity contribution in [2.75, 3.05) is 13.6 Å². The molecule has 48 heavy (non-hydrogen) atoms. The molecule has 1 aliphatic rings. The third-order valence-electron chi connectivity index (χ3n) is 9.16. The number of carbonyl (C=O) groups is 2. The van der Waals surface area contributed by atoms with E-state index in [4.69, 9.17) is 14.2 Å². The first kappa shape index (κ1) is 35.0. The molecule has 8 nitrogen and oxygen atoms in total. The fourth-order valence-corrected chi connectivity index (χ4v) is 6.09. The molecular formula is C40H46N2O6. The summed E-state index contributed by atoms with van der Waals surface area (Å²) in [4.78, 5) is 25.8. The van der Waals surface area contributed by atoms with E-state index in [2.05, 4.69) is 67.5 Å². The first-order valence-corrected chi connectivity index (χ1v) is 16.5. The van der Waals surface area contributed by atoms with Crippen LogP contribution in [0.25, 0.3) is 11.1 Å². The van der Waals surface area contributed by atoms with Gasteiger partial charge in [0, 0.05) is 37.5 Å². The van der Waals surface area contributed by atoms with Crippen molar-refractivity contribution in [1.82, 2.24) is 10.2 Å². The van der Waals surface area contributed by atoms with Crippen LogP contribution in [0.15, 0.2) is 103 Å². The lowest BCUT2D eigenvalue weighted by molar-refractivity contribution is -0.276. The second-order valence-electron chi connectivity index (χ2n) is 12.6. The first-order valence-electron chi connectivity index (χ1n) is 16.5. The van der Waals surface area contributed by atoms with Crippen molar-refractivity contribution in [3.8, 4) is 11.1 Å². The Hall–Kier alpha value is -4.34. The Morgan fingerprint density at radius 1 is 0.854 bits per heavy atom. The molecule has 5 rings (SSSR count). The molecule has 8 heteroatoms. The maximum atomic E-state index is 12.3. The molecule has 1 fully saturated rings. The van der Waals surface area contributed by atoms with Gasteiger partial charge in [0.25, 0.3) is 5.91 Å². The largest absolute Gasteiger partial charge is 0.453 e. The highest BCUT2D eigenvalue weighted by atomic mass is 16.7. The van der Waals surface area contributed by atoms with Gasteiger partial charge in [0.2, 0.25) is 0 Å². The molecule has 1 heterocycles. The molecule has 0 aliphatic carbocycles. The highest BCUT2D eigenvalue weighted by Crippen LogP contribution is 2.42. The Bertz CT molecular complexity index is 1640. The topological polar surface area (TPSA) is 97.3 Å². The minimum atomic E-state index is -0.850. The predicted molar refractivity (Wildman–Crippen MR) is 185 cm³/mol. The number of benzene rings is 4. The lowest BCUT2D eigenvalue weighted by Crippen LogP contribution is -2.44. The van der Waals surface area contributed by atoms with E-state index in [-0.39, 0.29) is 36.7 Å². The summed E-state index contributed by atoms with van der Waals surface area (Å²) in [5.74, 6) is -0.760. The van der Waals surface area contributed by atoms with E-state index in [1.165, 1.54) is 12.5 Å². The number of carbonyl (C=O) groups excluding carboxylic acids is 2. The van der Waals surface area contributed by atoms with Gasteiger partial charge in [0.15, 0.2) is 12.4 Å². The lowest BCUT2D eigenvalue weighted by atomic mass is 9.89. The molecule has 2 N–H and O–H groups in total. The molecule has 1 saturated heterocycles. The summed E-state index contributed by atoms with van der Waals surface area (Å²) < 4.78 is 18.4. The molecule has 0 bridgehead atoms. The normalized spacial score (nSPS) is 20.6. The Balaban J connectivity index is 1.33. The molecule has 0 saturated carbocycles. The SMILES string of the molecule is CC(=O)O[C@@H](C)C(=O)NCc1cccc(-c2ccc([C@H]3O[C@@H](CN(C)[C@@H](C)c4ccccc4)[C@@H](C)[C@@H](c4ccc(CO)cc4)O3)cc2)c1. The molecular weight excluding hydrogens is 604 g/mol. The number of aliphatic hydroxyl groups is 1. The summed E-state index contributed by atoms with van der Waals surface area (Å²) in [6.45, 7) is 8.27. The number of likely N-dealkylation sites (N-methyl/N-ethyl adjacent to an activating group) is 1. The molecule has 6 atom stereocenters. The number of nitrogens with one attached hydrogen (secondary N) is 1. The van der Waals surface area contributed by atoms with Gasteiger partial charge >= 0.3 is 5.97 Å². The molecule has 0 radical (unpaired) electrons. The minimum absolute atomic E-state index is 0.00291. The fourth-order valence-electron chi connectivity index (χ4n) is 6.09. The fraction of sp³-hybridized carbons (Fsp3) is 0.350. The highest BCUT2D eigenvalue weighted by Gasteiger charge is 2.39. The van der Waals surface area contributed by atoms with E-state index in [1.54, 1.807) is 6.92 Å². The Morgan fingerprint density at radius 3 is 2.21 bits per heavy atom. The number of nitrogens with zero attached hydrogens (tertiary/aromatic N) is 1. The molecule has 1 amide bonds. The predicted octanol–water partition coefficient (Wildman–Crippen LogP) is 6.90. The van der Waals surface area contributed by atoms with Gasteiger partial charge in [-0.2, -0.15) is 0 Å². The maximum Gasteiger partial charge on any atom is 0.303 e. The first-order chi connectivity index (χ1) is 23.1. The van der Waals surface area contributed by atoms with Crippen molar-refractivity contribution in [3.05, 3.63) is 131 Å². The Morgan fingerprint density at radius 2 is 1.54 bits per heavy atom. The van der Waals surface area contributed by atoms with Gasteiger partial charge in [-0.25, -0.2) is 0 Å². The van der Waals surface area contributed by atoms with Crippen LogP contribution in [0.1, 0.15) is 73.9 Å². The van der Waals surface area contributed by atoms with Crippen molar-refractivity contribution in [1.29, 1.82) is 0 Å². The average molecular weight is 651 g/mol. The smallest absolute Gasteiger partial charge is 0.303 e. The summed E-state index contributed by atoms with van der Waals surface area (Å²) in [5.41, 5.74) is 7.06. The van der Waals surface area contributed by atoms with Crippen molar-refractivity contribution in [3.63, 3.8) is 0 Å². The summed E-state index contributed by atoms with van der Waals surface area (Å²) in [6, 6.07) is 34.9. The van der Waals surface area contributed by atoms with Gasteiger partial charge in [0.05, 0.1) is 18.8 Å². The Labute approximate surface area is 283 Å². The number of aliphatic hydroxyl groups excluding tert-OH is 1.